The summed E-state index contributed by atoms with van der Waals surface area (Å²) >= 11 is 0. The third-order valence-electron chi connectivity index (χ3n) is 5.79. The zero-order valence-corrected chi connectivity index (χ0v) is 15.6. The van der Waals surface area contributed by atoms with Gasteiger partial charge in [-0.1, -0.05) is 12.1 Å². The van der Waals surface area contributed by atoms with E-state index in [2.05, 4.69) is 41.2 Å². The number of benzene rings is 1. The van der Waals surface area contributed by atoms with Crippen molar-refractivity contribution in [2.45, 2.75) is 76.2 Å². The van der Waals surface area contributed by atoms with Crippen molar-refractivity contribution < 1.29 is 9.50 Å². The minimum Gasteiger partial charge on any atom is -0.385 e. The lowest BCUT2D eigenvalue weighted by molar-refractivity contribution is -0.0607. The number of aliphatic hydroxyl groups is 1. The highest BCUT2D eigenvalue weighted by Gasteiger charge is 2.48. The van der Waals surface area contributed by atoms with Crippen LogP contribution < -0.4 is 0 Å². The third kappa shape index (κ3) is 3.03. The van der Waals surface area contributed by atoms with Gasteiger partial charge in [0.1, 0.15) is 5.82 Å². The molecule has 2 aliphatic heterocycles. The van der Waals surface area contributed by atoms with Gasteiger partial charge in [0.05, 0.1) is 17.7 Å². The van der Waals surface area contributed by atoms with E-state index in [0.29, 0.717) is 19.4 Å². The van der Waals surface area contributed by atoms with Crippen LogP contribution in [0, 0.1) is 5.82 Å². The fourth-order valence-corrected chi connectivity index (χ4v) is 4.56. The smallest absolute Gasteiger partial charge is 0.165 e. The van der Waals surface area contributed by atoms with E-state index in [1.54, 1.807) is 12.1 Å². The van der Waals surface area contributed by atoms with Gasteiger partial charge in [-0.15, -0.1) is 5.10 Å². The van der Waals surface area contributed by atoms with Crippen molar-refractivity contribution in [1.82, 2.24) is 25.1 Å². The number of piperidine rings is 1. The Hall–Kier alpha value is -1.86. The number of hydrogen-bond donors (Lipinski definition) is 1. The van der Waals surface area contributed by atoms with Crippen LogP contribution in [0.1, 0.15) is 57.8 Å². The van der Waals surface area contributed by atoms with E-state index in [9.17, 15) is 9.50 Å². The molecule has 2 saturated heterocycles. The van der Waals surface area contributed by atoms with Gasteiger partial charge in [0, 0.05) is 12.1 Å². The van der Waals surface area contributed by atoms with E-state index in [4.69, 9.17) is 0 Å². The van der Waals surface area contributed by atoms with E-state index in [1.165, 1.54) is 12.1 Å². The molecule has 1 aromatic heterocycles. The molecule has 0 amide bonds. The molecule has 2 unspecified atom stereocenters. The van der Waals surface area contributed by atoms with Crippen LogP contribution in [0.3, 0.4) is 0 Å². The second-order valence-electron chi connectivity index (χ2n) is 8.68. The van der Waals surface area contributed by atoms with Gasteiger partial charge in [-0.25, -0.2) is 9.07 Å². The van der Waals surface area contributed by atoms with Crippen molar-refractivity contribution in [2.24, 2.45) is 0 Å². The van der Waals surface area contributed by atoms with Crippen LogP contribution in [-0.2, 0) is 17.7 Å². The Morgan fingerprint density at radius 3 is 2.35 bits per heavy atom. The Balaban J connectivity index is 1.54. The first-order valence-corrected chi connectivity index (χ1v) is 9.28. The topological polar surface area (TPSA) is 67.1 Å². The molecular formula is C19H26FN5O. The molecule has 2 bridgehead atoms. The highest BCUT2D eigenvalue weighted by Crippen LogP contribution is 2.46. The lowest BCUT2D eigenvalue weighted by Crippen LogP contribution is -2.49. The maximum atomic E-state index is 13.2. The third-order valence-corrected chi connectivity index (χ3v) is 5.79. The molecule has 6 nitrogen and oxygen atoms in total. The summed E-state index contributed by atoms with van der Waals surface area (Å²) in [7, 11) is 0. The van der Waals surface area contributed by atoms with Crippen LogP contribution >= 0.6 is 0 Å². The number of rotatable bonds is 3. The number of nitrogens with zero attached hydrogens (tertiary/aromatic N) is 5. The predicted molar refractivity (Wildman–Crippen MR) is 94.7 cm³/mol. The van der Waals surface area contributed by atoms with Crippen LogP contribution in [-0.4, -0.2) is 42.3 Å². The molecule has 2 aliphatic rings. The second kappa shape index (κ2) is 6.09. The Bertz CT molecular complexity index is 768. The molecule has 2 fully saturated rings. The quantitative estimate of drug-likeness (QED) is 0.912. The van der Waals surface area contributed by atoms with Gasteiger partial charge in [-0.3, -0.25) is 4.90 Å². The molecule has 3 heterocycles. The molecule has 26 heavy (non-hydrogen) atoms. The first-order chi connectivity index (χ1) is 12.3. The van der Waals surface area contributed by atoms with Crippen molar-refractivity contribution >= 4 is 0 Å². The summed E-state index contributed by atoms with van der Waals surface area (Å²) in [6, 6.07) is 6.86. The molecule has 0 saturated carbocycles. The summed E-state index contributed by atoms with van der Waals surface area (Å²) in [5, 5.41) is 23.5. The molecule has 0 aliphatic carbocycles. The normalized spacial score (nSPS) is 29.3. The number of aromatic nitrogens is 4. The molecule has 0 radical (unpaired) electrons. The fourth-order valence-electron chi connectivity index (χ4n) is 4.56. The zero-order chi connectivity index (χ0) is 18.5. The van der Waals surface area contributed by atoms with Crippen molar-refractivity contribution in [2.75, 3.05) is 0 Å². The molecular weight excluding hydrogens is 333 g/mol. The van der Waals surface area contributed by atoms with Crippen molar-refractivity contribution in [1.29, 1.82) is 0 Å². The molecule has 4 rings (SSSR count). The van der Waals surface area contributed by atoms with Crippen LogP contribution in [0.25, 0.3) is 0 Å². The van der Waals surface area contributed by atoms with E-state index in [-0.39, 0.29) is 23.4 Å². The molecule has 1 N–H and O–H groups in total. The summed E-state index contributed by atoms with van der Waals surface area (Å²) in [6.45, 7) is 6.96. The Morgan fingerprint density at radius 1 is 1.15 bits per heavy atom. The monoisotopic (exact) mass is 359 g/mol. The van der Waals surface area contributed by atoms with Crippen molar-refractivity contribution in [3.8, 4) is 0 Å². The van der Waals surface area contributed by atoms with Gasteiger partial charge in [0.25, 0.3) is 0 Å². The maximum Gasteiger partial charge on any atom is 0.165 e. The Kier molecular flexibility index (Phi) is 4.11. The van der Waals surface area contributed by atoms with Gasteiger partial charge < -0.3 is 5.11 Å². The summed E-state index contributed by atoms with van der Waals surface area (Å²) < 4.78 is 15.1. The minimum atomic E-state index is -0.883. The number of hydrogen-bond acceptors (Lipinski definition) is 5. The molecule has 0 spiro atoms. The first kappa shape index (κ1) is 17.5. The van der Waals surface area contributed by atoms with Gasteiger partial charge >= 0.3 is 0 Å². The van der Waals surface area contributed by atoms with Crippen molar-refractivity contribution in [3.63, 3.8) is 0 Å². The fraction of sp³-hybridized carbons (Fsp3) is 0.632. The lowest BCUT2D eigenvalue weighted by atomic mass is 9.80. The van der Waals surface area contributed by atoms with Crippen LogP contribution in [0.2, 0.25) is 0 Å². The molecule has 140 valence electrons. The highest BCUT2D eigenvalue weighted by atomic mass is 19.1. The summed E-state index contributed by atoms with van der Waals surface area (Å²) in [6.07, 6.45) is 3.44. The number of halogens is 1. The summed E-state index contributed by atoms with van der Waals surface area (Å²) in [4.78, 5) is 2.44. The molecule has 7 heteroatoms. The SMILES string of the molecule is CC(C)(C)n1nnnc1CN1C2CCC1CC(O)(c1ccc(F)cc1)C2. The van der Waals surface area contributed by atoms with Crippen molar-refractivity contribution in [3.05, 3.63) is 41.5 Å². The number of tetrazole rings is 1. The van der Waals surface area contributed by atoms with E-state index in [1.807, 2.05) is 4.68 Å². The van der Waals surface area contributed by atoms with Gasteiger partial charge in [0.2, 0.25) is 0 Å². The van der Waals surface area contributed by atoms with E-state index in [0.717, 1.165) is 24.2 Å². The summed E-state index contributed by atoms with van der Waals surface area (Å²) in [5.41, 5.74) is -0.232. The van der Waals surface area contributed by atoms with Gasteiger partial charge in [-0.2, -0.15) is 0 Å². The molecule has 2 aromatic rings. The summed E-state index contributed by atoms with van der Waals surface area (Å²) in [5.74, 6) is 0.591. The van der Waals surface area contributed by atoms with E-state index < -0.39 is 5.60 Å². The van der Waals surface area contributed by atoms with Gasteiger partial charge in [0.15, 0.2) is 5.82 Å². The highest BCUT2D eigenvalue weighted by molar-refractivity contribution is 5.25. The average Bonchev–Trinajstić information content (AvgIpc) is 3.12. The maximum absolute atomic E-state index is 13.2. The van der Waals surface area contributed by atoms with E-state index >= 15 is 0 Å². The van der Waals surface area contributed by atoms with Gasteiger partial charge in [-0.05, 0) is 74.6 Å². The predicted octanol–water partition coefficient (Wildman–Crippen LogP) is 2.58. The van der Waals surface area contributed by atoms with Crippen LogP contribution in [0.15, 0.2) is 24.3 Å². The Labute approximate surface area is 153 Å². The van der Waals surface area contributed by atoms with Crippen LogP contribution in [0.4, 0.5) is 4.39 Å². The van der Waals surface area contributed by atoms with Crippen LogP contribution in [0.5, 0.6) is 0 Å². The second-order valence-corrected chi connectivity index (χ2v) is 8.68. The first-order valence-electron chi connectivity index (χ1n) is 9.28. The largest absolute Gasteiger partial charge is 0.385 e. The lowest BCUT2D eigenvalue weighted by Gasteiger charge is -2.44. The number of fused-ring (bicyclic) bond motifs is 2. The Morgan fingerprint density at radius 2 is 1.77 bits per heavy atom. The minimum absolute atomic E-state index is 0.164. The molecule has 2 atom stereocenters. The standard InChI is InChI=1S/C19H26FN5O/c1-18(2,3)25-17(21-22-23-25)12-24-15-8-9-16(24)11-19(26,10-15)13-4-6-14(20)7-5-13/h4-7,15-16,26H,8-12H2,1-3H3. The average molecular weight is 359 g/mol. The molecule has 1 aromatic carbocycles. The zero-order valence-electron chi connectivity index (χ0n) is 15.6.